The fraction of sp³-hybridized carbons (Fsp3) is 0.545. The number of hydrogen-bond donors (Lipinski definition) is 0. The molecular weight excluding hydrogens is 338 g/mol. The highest BCUT2D eigenvalue weighted by Gasteiger charge is 2.38. The summed E-state index contributed by atoms with van der Waals surface area (Å²) in [6.07, 6.45) is 5.85. The van der Waals surface area contributed by atoms with Gasteiger partial charge in [0.1, 0.15) is 6.04 Å². The summed E-state index contributed by atoms with van der Waals surface area (Å²) in [6.45, 7) is 3.13. The minimum absolute atomic E-state index is 0.0251. The number of para-hydroxylation sites is 1. The van der Waals surface area contributed by atoms with Crippen molar-refractivity contribution in [2.24, 2.45) is 7.05 Å². The van der Waals surface area contributed by atoms with E-state index in [1.54, 1.807) is 11.8 Å². The number of rotatable bonds is 4. The van der Waals surface area contributed by atoms with Crippen LogP contribution >= 0.6 is 0 Å². The average molecular weight is 367 g/mol. The van der Waals surface area contributed by atoms with E-state index in [-0.39, 0.29) is 17.9 Å². The topological polar surface area (TPSA) is 45.6 Å². The van der Waals surface area contributed by atoms with Crippen LogP contribution in [0.15, 0.2) is 30.3 Å². The number of fused-ring (bicyclic) bond motifs is 1. The van der Waals surface area contributed by atoms with E-state index in [0.29, 0.717) is 6.04 Å². The van der Waals surface area contributed by atoms with E-state index in [4.69, 9.17) is 0 Å². The third-order valence-corrected chi connectivity index (χ3v) is 6.39. The molecule has 5 nitrogen and oxygen atoms in total. The number of likely N-dealkylation sites (tertiary alicyclic amines) is 2. The van der Waals surface area contributed by atoms with Crippen LogP contribution in [0.5, 0.6) is 0 Å². The molecule has 0 saturated carbocycles. The van der Waals surface area contributed by atoms with Gasteiger partial charge in [-0.15, -0.1) is 0 Å². The molecule has 144 valence electrons. The summed E-state index contributed by atoms with van der Waals surface area (Å²) in [6, 6.07) is 10.8. The smallest absolute Gasteiger partial charge is 0.245 e. The molecule has 2 aromatic rings. The van der Waals surface area contributed by atoms with Crippen LogP contribution in [0.25, 0.3) is 10.9 Å². The van der Waals surface area contributed by atoms with Crippen molar-refractivity contribution in [1.29, 1.82) is 0 Å². The summed E-state index contributed by atoms with van der Waals surface area (Å²) >= 11 is 0. The van der Waals surface area contributed by atoms with Crippen molar-refractivity contribution >= 4 is 22.7 Å². The maximum atomic E-state index is 13.1. The third-order valence-electron chi connectivity index (χ3n) is 6.39. The molecule has 2 atom stereocenters. The molecule has 2 fully saturated rings. The second-order valence-electron chi connectivity index (χ2n) is 7.99. The molecule has 0 unspecified atom stereocenters. The molecule has 27 heavy (non-hydrogen) atoms. The fourth-order valence-corrected chi connectivity index (χ4v) is 4.92. The van der Waals surface area contributed by atoms with Gasteiger partial charge in [0.15, 0.2) is 0 Å². The number of hydrogen-bond acceptors (Lipinski definition) is 2. The van der Waals surface area contributed by atoms with Crippen LogP contribution in [-0.2, 0) is 23.1 Å². The molecule has 0 N–H and O–H groups in total. The van der Waals surface area contributed by atoms with Crippen LogP contribution in [0.3, 0.4) is 0 Å². The maximum absolute atomic E-state index is 13.1. The summed E-state index contributed by atoms with van der Waals surface area (Å²) in [4.78, 5) is 28.8. The fourth-order valence-electron chi connectivity index (χ4n) is 4.92. The predicted octanol–water partition coefficient (Wildman–Crippen LogP) is 3.11. The van der Waals surface area contributed by atoms with Crippen molar-refractivity contribution in [3.8, 4) is 0 Å². The summed E-state index contributed by atoms with van der Waals surface area (Å²) in [7, 11) is 2.12. The highest BCUT2D eigenvalue weighted by molar-refractivity contribution is 5.88. The molecular formula is C22H29N3O2. The van der Waals surface area contributed by atoms with Gasteiger partial charge >= 0.3 is 0 Å². The van der Waals surface area contributed by atoms with Crippen LogP contribution in [-0.4, -0.2) is 51.4 Å². The van der Waals surface area contributed by atoms with Gasteiger partial charge in [-0.25, -0.2) is 0 Å². The van der Waals surface area contributed by atoms with E-state index in [0.717, 1.165) is 51.6 Å². The Hall–Kier alpha value is -2.30. The molecule has 5 heteroatoms. The first-order valence-electron chi connectivity index (χ1n) is 10.2. The number of amides is 2. The van der Waals surface area contributed by atoms with E-state index in [1.165, 1.54) is 16.6 Å². The van der Waals surface area contributed by atoms with Crippen LogP contribution in [0.2, 0.25) is 0 Å². The number of carbonyl (C=O) groups is 2. The molecule has 0 radical (unpaired) electrons. The monoisotopic (exact) mass is 367 g/mol. The molecule has 0 spiro atoms. The largest absolute Gasteiger partial charge is 0.348 e. The van der Waals surface area contributed by atoms with Gasteiger partial charge in [0.2, 0.25) is 11.8 Å². The Labute approximate surface area is 160 Å². The second-order valence-corrected chi connectivity index (χ2v) is 7.99. The number of aryl methyl sites for hydroxylation is 2. The van der Waals surface area contributed by atoms with Gasteiger partial charge < -0.3 is 14.4 Å². The molecule has 2 aliphatic rings. The van der Waals surface area contributed by atoms with Crippen LogP contribution in [0.4, 0.5) is 0 Å². The lowest BCUT2D eigenvalue weighted by Crippen LogP contribution is -2.48. The molecule has 0 aliphatic carbocycles. The number of aromatic nitrogens is 1. The second kappa shape index (κ2) is 7.37. The van der Waals surface area contributed by atoms with Crippen molar-refractivity contribution in [3.63, 3.8) is 0 Å². The summed E-state index contributed by atoms with van der Waals surface area (Å²) in [5.41, 5.74) is 2.58. The molecule has 2 saturated heterocycles. The first-order valence-corrected chi connectivity index (χ1v) is 10.2. The van der Waals surface area contributed by atoms with Gasteiger partial charge in [-0.1, -0.05) is 18.2 Å². The number of nitrogens with zero attached hydrogens (tertiary/aromatic N) is 3. The lowest BCUT2D eigenvalue weighted by atomic mass is 10.1. The Kier molecular flexibility index (Phi) is 4.94. The lowest BCUT2D eigenvalue weighted by Gasteiger charge is -2.31. The molecule has 2 amide bonds. The minimum Gasteiger partial charge on any atom is -0.348 e. The van der Waals surface area contributed by atoms with Crippen LogP contribution in [0, 0.1) is 0 Å². The lowest BCUT2D eigenvalue weighted by molar-refractivity contribution is -0.143. The summed E-state index contributed by atoms with van der Waals surface area (Å²) in [5.74, 6) is 0.194. The van der Waals surface area contributed by atoms with Crippen molar-refractivity contribution in [2.75, 3.05) is 13.1 Å². The van der Waals surface area contributed by atoms with Crippen molar-refractivity contribution in [2.45, 2.75) is 57.5 Å². The first-order chi connectivity index (χ1) is 13.1. The quantitative estimate of drug-likeness (QED) is 0.833. The van der Waals surface area contributed by atoms with Crippen LogP contribution < -0.4 is 0 Å². The zero-order valence-corrected chi connectivity index (χ0v) is 16.4. The SMILES string of the molecule is CC(=O)N1CCC[C@@H]1C(=O)N1CCC[C@H]1CCc1cc2ccccc2n1C. The van der Waals surface area contributed by atoms with Gasteiger partial charge in [-0.05, 0) is 56.0 Å². The summed E-state index contributed by atoms with van der Waals surface area (Å²) in [5, 5.41) is 1.28. The van der Waals surface area contributed by atoms with Crippen molar-refractivity contribution in [1.82, 2.24) is 14.4 Å². The normalized spacial score (nSPS) is 22.7. The Balaban J connectivity index is 1.44. The van der Waals surface area contributed by atoms with E-state index in [2.05, 4.69) is 46.8 Å². The molecule has 1 aromatic heterocycles. The number of carbonyl (C=O) groups excluding carboxylic acids is 2. The van der Waals surface area contributed by atoms with E-state index in [1.807, 2.05) is 0 Å². The Bertz CT molecular complexity index is 856. The molecule has 3 heterocycles. The van der Waals surface area contributed by atoms with Gasteiger partial charge in [0.25, 0.3) is 0 Å². The minimum atomic E-state index is -0.235. The van der Waals surface area contributed by atoms with Crippen molar-refractivity contribution in [3.05, 3.63) is 36.0 Å². The zero-order chi connectivity index (χ0) is 19.0. The predicted molar refractivity (Wildman–Crippen MR) is 106 cm³/mol. The maximum Gasteiger partial charge on any atom is 0.245 e. The third kappa shape index (κ3) is 3.35. The standard InChI is InChI=1S/C22H29N3O2/c1-16(26)24-13-6-10-21(24)22(27)25-14-5-8-18(25)11-12-19-15-17-7-3-4-9-20(17)23(19)2/h3-4,7,9,15,18,21H,5-6,8,10-14H2,1-2H3/t18-,21+/m0/s1. The van der Waals surface area contributed by atoms with Gasteiger partial charge in [0, 0.05) is 44.3 Å². The first kappa shape index (κ1) is 18.1. The van der Waals surface area contributed by atoms with Crippen molar-refractivity contribution < 1.29 is 9.59 Å². The van der Waals surface area contributed by atoms with Gasteiger partial charge in [0.05, 0.1) is 0 Å². The Morgan fingerprint density at radius 1 is 1.07 bits per heavy atom. The van der Waals surface area contributed by atoms with E-state index >= 15 is 0 Å². The molecule has 1 aromatic carbocycles. The Morgan fingerprint density at radius 2 is 1.81 bits per heavy atom. The van der Waals surface area contributed by atoms with Gasteiger partial charge in [-0.3, -0.25) is 9.59 Å². The highest BCUT2D eigenvalue weighted by atomic mass is 16.2. The molecule has 4 rings (SSSR count). The Morgan fingerprint density at radius 3 is 2.59 bits per heavy atom. The van der Waals surface area contributed by atoms with E-state index in [9.17, 15) is 9.59 Å². The molecule has 2 aliphatic heterocycles. The summed E-state index contributed by atoms with van der Waals surface area (Å²) < 4.78 is 2.27. The van der Waals surface area contributed by atoms with Gasteiger partial charge in [-0.2, -0.15) is 0 Å². The van der Waals surface area contributed by atoms with Crippen LogP contribution in [0.1, 0.15) is 44.7 Å². The molecule has 0 bridgehead atoms. The zero-order valence-electron chi connectivity index (χ0n) is 16.4. The highest BCUT2D eigenvalue weighted by Crippen LogP contribution is 2.28. The average Bonchev–Trinajstić information content (AvgIpc) is 3.39. The number of benzene rings is 1. The van der Waals surface area contributed by atoms with E-state index < -0.39 is 0 Å².